The first kappa shape index (κ1) is 24.1. The van der Waals surface area contributed by atoms with Crippen molar-refractivity contribution in [1.82, 2.24) is 10.3 Å². The van der Waals surface area contributed by atoms with Gasteiger partial charge in [0.25, 0.3) is 0 Å². The number of aliphatic carboxylic acids is 2. The highest BCUT2D eigenvalue weighted by Gasteiger charge is 2.38. The van der Waals surface area contributed by atoms with E-state index in [9.17, 15) is 26.3 Å². The number of carboxylic acid groups (broad SMARTS) is 2. The van der Waals surface area contributed by atoms with Gasteiger partial charge in [0, 0.05) is 11.6 Å². The second kappa shape index (κ2) is 10.3. The maximum absolute atomic E-state index is 10.6. The van der Waals surface area contributed by atoms with Crippen LogP contribution < -0.4 is 11.1 Å². The lowest BCUT2D eigenvalue weighted by Crippen LogP contribution is -2.23. The van der Waals surface area contributed by atoms with E-state index in [2.05, 4.69) is 10.3 Å². The summed E-state index contributed by atoms with van der Waals surface area (Å²) < 4.78 is 63.5. The molecule has 0 saturated carbocycles. The average molecular weight is 411 g/mol. The van der Waals surface area contributed by atoms with E-state index < -0.39 is 24.3 Å². The van der Waals surface area contributed by atoms with Crippen LogP contribution in [0.1, 0.15) is 17.5 Å². The van der Waals surface area contributed by atoms with E-state index in [4.69, 9.17) is 25.5 Å². The van der Waals surface area contributed by atoms with Crippen LogP contribution in [0, 0.1) is 5.92 Å². The monoisotopic (exact) mass is 411 g/mol. The molecule has 150 valence electrons. The lowest BCUT2D eigenvalue weighted by molar-refractivity contribution is -0.193. The minimum Gasteiger partial charge on any atom is -0.475 e. The summed E-state index contributed by atoms with van der Waals surface area (Å²) in [5.74, 6) is -4.93. The van der Waals surface area contributed by atoms with E-state index in [0.717, 1.165) is 18.1 Å². The van der Waals surface area contributed by atoms with Gasteiger partial charge in [-0.3, -0.25) is 0 Å². The van der Waals surface area contributed by atoms with Gasteiger partial charge in [0.1, 0.15) is 5.01 Å². The zero-order valence-corrected chi connectivity index (χ0v) is 13.7. The molecule has 14 heteroatoms. The normalized spacial score (nSPS) is 18.0. The number of hydrogen-bond donors (Lipinski definition) is 4. The molecule has 0 amide bonds. The highest BCUT2D eigenvalue weighted by molar-refractivity contribution is 7.09. The van der Waals surface area contributed by atoms with Gasteiger partial charge in [-0.2, -0.15) is 26.3 Å². The number of alkyl halides is 6. The molecule has 0 aliphatic carbocycles. The lowest BCUT2D eigenvalue weighted by atomic mass is 10.0. The van der Waals surface area contributed by atoms with Crippen molar-refractivity contribution in [3.63, 3.8) is 0 Å². The molecular weight excluding hydrogens is 396 g/mol. The molecule has 26 heavy (non-hydrogen) atoms. The van der Waals surface area contributed by atoms with Crippen molar-refractivity contribution >= 4 is 23.3 Å². The van der Waals surface area contributed by atoms with E-state index >= 15 is 0 Å². The Kier molecular flexibility index (Phi) is 9.51. The zero-order chi connectivity index (χ0) is 20.5. The number of halogens is 6. The summed E-state index contributed by atoms with van der Waals surface area (Å²) in [6.07, 6.45) is -7.16. The van der Waals surface area contributed by atoms with Gasteiger partial charge in [-0.25, -0.2) is 14.6 Å². The first-order valence-electron chi connectivity index (χ1n) is 6.72. The topological polar surface area (TPSA) is 126 Å². The Morgan fingerprint density at radius 1 is 1.19 bits per heavy atom. The van der Waals surface area contributed by atoms with Crippen LogP contribution >= 0.6 is 11.3 Å². The summed E-state index contributed by atoms with van der Waals surface area (Å²) in [6.45, 7) is 2.14. The van der Waals surface area contributed by atoms with Crippen LogP contribution in [0.5, 0.6) is 0 Å². The summed E-state index contributed by atoms with van der Waals surface area (Å²) in [7, 11) is 0. The molecule has 0 spiro atoms. The fourth-order valence-corrected chi connectivity index (χ4v) is 2.32. The Morgan fingerprint density at radius 2 is 1.65 bits per heavy atom. The molecule has 1 aromatic rings. The summed E-state index contributed by atoms with van der Waals surface area (Å²) in [5, 5.41) is 20.6. The standard InChI is InChI=1S/C8H13N3S.2C2HF3O2/c9-7(6-1-2-10-5-6)8-11-3-4-12-8;2*3-2(4,5)1(6)7/h3-4,6-7,10H,1-2,5,9H2;2*(H,6,7)/t6-,7?;;/m1../s1. The minimum absolute atomic E-state index is 0.139. The largest absolute Gasteiger partial charge is 0.490 e. The minimum atomic E-state index is -5.08. The third-order valence-corrected chi connectivity index (χ3v) is 3.70. The van der Waals surface area contributed by atoms with Crippen molar-refractivity contribution in [2.24, 2.45) is 11.7 Å². The number of carboxylic acids is 2. The molecule has 1 saturated heterocycles. The van der Waals surface area contributed by atoms with Crippen molar-refractivity contribution in [2.75, 3.05) is 13.1 Å². The van der Waals surface area contributed by atoms with Crippen LogP contribution in [0.25, 0.3) is 0 Å². The van der Waals surface area contributed by atoms with Crippen LogP contribution in [0.15, 0.2) is 11.6 Å². The number of nitrogens with zero attached hydrogens (tertiary/aromatic N) is 1. The lowest BCUT2D eigenvalue weighted by Gasteiger charge is -2.14. The Morgan fingerprint density at radius 3 is 1.92 bits per heavy atom. The third-order valence-electron chi connectivity index (χ3n) is 2.83. The van der Waals surface area contributed by atoms with Crippen molar-refractivity contribution in [3.05, 3.63) is 16.6 Å². The van der Waals surface area contributed by atoms with Gasteiger partial charge < -0.3 is 21.3 Å². The highest BCUT2D eigenvalue weighted by Crippen LogP contribution is 2.25. The zero-order valence-electron chi connectivity index (χ0n) is 12.8. The molecule has 2 atom stereocenters. The molecule has 5 N–H and O–H groups in total. The van der Waals surface area contributed by atoms with E-state index in [0.29, 0.717) is 5.92 Å². The molecule has 2 heterocycles. The van der Waals surface area contributed by atoms with Crippen LogP contribution in [0.2, 0.25) is 0 Å². The molecule has 1 aromatic heterocycles. The van der Waals surface area contributed by atoms with Crippen LogP contribution in [0.3, 0.4) is 0 Å². The van der Waals surface area contributed by atoms with E-state index in [1.807, 2.05) is 11.6 Å². The second-order valence-corrected chi connectivity index (χ2v) is 5.68. The summed E-state index contributed by atoms with van der Waals surface area (Å²) in [4.78, 5) is 22.0. The maximum atomic E-state index is 10.6. The summed E-state index contributed by atoms with van der Waals surface area (Å²) in [6, 6.07) is 0.139. The molecule has 1 unspecified atom stereocenters. The SMILES string of the molecule is NC(c1nccs1)[C@@H]1CCNC1.O=C(O)C(F)(F)F.O=C(O)C(F)(F)F. The van der Waals surface area contributed by atoms with Gasteiger partial charge in [0.2, 0.25) is 0 Å². The quantitative estimate of drug-likeness (QED) is 0.549. The molecule has 7 nitrogen and oxygen atoms in total. The Balaban J connectivity index is 0.000000390. The number of hydrogen-bond acceptors (Lipinski definition) is 6. The van der Waals surface area contributed by atoms with Gasteiger partial charge >= 0.3 is 24.3 Å². The highest BCUT2D eigenvalue weighted by atomic mass is 32.1. The molecule has 0 bridgehead atoms. The Bertz CT molecular complexity index is 534. The molecular formula is C12H15F6N3O4S. The Labute approximate surface area is 146 Å². The average Bonchev–Trinajstić information content (AvgIpc) is 3.20. The maximum Gasteiger partial charge on any atom is 0.490 e. The molecule has 0 aromatic carbocycles. The van der Waals surface area contributed by atoms with E-state index in [-0.39, 0.29) is 6.04 Å². The van der Waals surface area contributed by atoms with E-state index in [1.165, 1.54) is 6.42 Å². The number of carbonyl (C=O) groups is 2. The smallest absolute Gasteiger partial charge is 0.475 e. The van der Waals surface area contributed by atoms with Gasteiger partial charge in [-0.05, 0) is 25.4 Å². The number of aromatic nitrogens is 1. The third kappa shape index (κ3) is 9.53. The fourth-order valence-electron chi connectivity index (χ4n) is 1.58. The predicted molar refractivity (Wildman–Crippen MR) is 77.4 cm³/mol. The van der Waals surface area contributed by atoms with Gasteiger partial charge in [0.15, 0.2) is 0 Å². The number of nitrogens with two attached hydrogens (primary N) is 1. The summed E-state index contributed by atoms with van der Waals surface area (Å²) >= 11 is 1.65. The first-order valence-corrected chi connectivity index (χ1v) is 7.60. The van der Waals surface area contributed by atoms with Crippen LogP contribution in [-0.2, 0) is 9.59 Å². The fraction of sp³-hybridized carbons (Fsp3) is 0.583. The van der Waals surface area contributed by atoms with Crippen molar-refractivity contribution < 1.29 is 46.1 Å². The van der Waals surface area contributed by atoms with Crippen LogP contribution in [0.4, 0.5) is 26.3 Å². The van der Waals surface area contributed by atoms with Crippen molar-refractivity contribution in [2.45, 2.75) is 24.8 Å². The molecule has 1 aliphatic heterocycles. The molecule has 1 aliphatic rings. The van der Waals surface area contributed by atoms with Gasteiger partial charge in [0.05, 0.1) is 6.04 Å². The Hall–Kier alpha value is -1.93. The van der Waals surface area contributed by atoms with Crippen molar-refractivity contribution in [1.29, 1.82) is 0 Å². The first-order chi connectivity index (χ1) is 11.8. The van der Waals surface area contributed by atoms with Gasteiger partial charge in [-0.15, -0.1) is 11.3 Å². The number of thiazole rings is 1. The van der Waals surface area contributed by atoms with Crippen LogP contribution in [-0.4, -0.2) is 52.6 Å². The summed E-state index contributed by atoms with van der Waals surface area (Å²) in [5.41, 5.74) is 6.05. The van der Waals surface area contributed by atoms with Gasteiger partial charge in [-0.1, -0.05) is 0 Å². The second-order valence-electron chi connectivity index (χ2n) is 4.75. The predicted octanol–water partition coefficient (Wildman–Crippen LogP) is 2.02. The van der Waals surface area contributed by atoms with E-state index in [1.54, 1.807) is 11.3 Å². The molecule has 2 rings (SSSR count). The molecule has 0 radical (unpaired) electrons. The molecule has 1 fully saturated rings. The number of nitrogens with one attached hydrogen (secondary N) is 1. The number of rotatable bonds is 2. The van der Waals surface area contributed by atoms with Crippen molar-refractivity contribution in [3.8, 4) is 0 Å².